The van der Waals surface area contributed by atoms with E-state index in [1.54, 1.807) is 30.3 Å². The number of non-ortho nitro benzene ring substituents is 1. The van der Waals surface area contributed by atoms with E-state index < -0.39 is 23.4 Å². The summed E-state index contributed by atoms with van der Waals surface area (Å²) in [7, 11) is 0. The van der Waals surface area contributed by atoms with Crippen LogP contribution < -0.4 is 5.32 Å². The molecule has 0 bridgehead atoms. The number of fused-ring (bicyclic) bond motifs is 3. The number of hydrogen-bond donors (Lipinski definition) is 1. The Labute approximate surface area is 201 Å². The first-order chi connectivity index (χ1) is 16.8. The SMILES string of the molecule is O=C(COC(=O)c1cc2cc([N+](=O)[O-])ccc2s1)Nc1ccc2c(c1)C(=O)c1ccccc1C2=O. The number of esters is 1. The van der Waals surface area contributed by atoms with Crippen LogP contribution in [0.1, 0.15) is 41.5 Å². The lowest BCUT2D eigenvalue weighted by Crippen LogP contribution is -2.23. The number of carbonyl (C=O) groups is 4. The lowest BCUT2D eigenvalue weighted by molar-refractivity contribution is -0.384. The van der Waals surface area contributed by atoms with E-state index in [9.17, 15) is 29.3 Å². The van der Waals surface area contributed by atoms with Crippen molar-refractivity contribution in [1.29, 1.82) is 0 Å². The number of nitro benzene ring substituents is 1. The van der Waals surface area contributed by atoms with Gasteiger partial charge in [0.25, 0.3) is 11.6 Å². The van der Waals surface area contributed by atoms with Gasteiger partial charge < -0.3 is 10.1 Å². The number of amides is 1. The molecule has 9 nitrogen and oxygen atoms in total. The molecule has 1 aliphatic rings. The number of rotatable bonds is 5. The molecule has 0 saturated heterocycles. The fraction of sp³-hybridized carbons (Fsp3) is 0.0400. The molecule has 3 aromatic carbocycles. The molecule has 0 saturated carbocycles. The number of anilines is 1. The molecular formula is C25H14N2O7S. The zero-order valence-corrected chi connectivity index (χ0v) is 18.6. The van der Waals surface area contributed by atoms with Crippen LogP contribution in [0.3, 0.4) is 0 Å². The normalized spacial score (nSPS) is 12.1. The summed E-state index contributed by atoms with van der Waals surface area (Å²) in [6.45, 7) is -0.583. The molecule has 172 valence electrons. The summed E-state index contributed by atoms with van der Waals surface area (Å²) in [6.07, 6.45) is 0. The van der Waals surface area contributed by atoms with E-state index in [-0.39, 0.29) is 38.9 Å². The maximum atomic E-state index is 12.8. The van der Waals surface area contributed by atoms with Gasteiger partial charge >= 0.3 is 5.97 Å². The first-order valence-electron chi connectivity index (χ1n) is 10.3. The van der Waals surface area contributed by atoms with Crippen LogP contribution >= 0.6 is 11.3 Å². The topological polar surface area (TPSA) is 133 Å². The lowest BCUT2D eigenvalue weighted by atomic mass is 9.84. The van der Waals surface area contributed by atoms with Gasteiger partial charge in [-0.1, -0.05) is 24.3 Å². The number of ether oxygens (including phenoxy) is 1. The van der Waals surface area contributed by atoms with Crippen molar-refractivity contribution >= 4 is 56.2 Å². The van der Waals surface area contributed by atoms with Gasteiger partial charge in [0.15, 0.2) is 18.2 Å². The molecule has 0 spiro atoms. The van der Waals surface area contributed by atoms with Gasteiger partial charge in [-0.15, -0.1) is 11.3 Å². The van der Waals surface area contributed by atoms with Crippen LogP contribution in [0.5, 0.6) is 0 Å². The first kappa shape index (κ1) is 22.1. The highest BCUT2D eigenvalue weighted by Gasteiger charge is 2.29. The van der Waals surface area contributed by atoms with Crippen LogP contribution in [0.4, 0.5) is 11.4 Å². The van der Waals surface area contributed by atoms with Gasteiger partial charge in [-0.2, -0.15) is 0 Å². The van der Waals surface area contributed by atoms with Crippen molar-refractivity contribution in [1.82, 2.24) is 0 Å². The Hall–Kier alpha value is -4.70. The van der Waals surface area contributed by atoms with Crippen LogP contribution in [0, 0.1) is 10.1 Å². The molecule has 0 fully saturated rings. The number of carbonyl (C=O) groups excluding carboxylic acids is 4. The molecule has 0 radical (unpaired) electrons. The Bertz CT molecular complexity index is 1590. The summed E-state index contributed by atoms with van der Waals surface area (Å²) in [4.78, 5) is 60.8. The van der Waals surface area contributed by atoms with E-state index in [0.717, 1.165) is 11.3 Å². The van der Waals surface area contributed by atoms with Gasteiger partial charge in [-0.3, -0.25) is 24.5 Å². The third-order valence-electron chi connectivity index (χ3n) is 5.46. The van der Waals surface area contributed by atoms with Crippen LogP contribution in [0.25, 0.3) is 10.1 Å². The van der Waals surface area contributed by atoms with Crippen molar-refractivity contribution in [2.75, 3.05) is 11.9 Å². The second kappa shape index (κ2) is 8.58. The van der Waals surface area contributed by atoms with Crippen molar-refractivity contribution in [2.24, 2.45) is 0 Å². The first-order valence-corrected chi connectivity index (χ1v) is 11.1. The van der Waals surface area contributed by atoms with Crippen molar-refractivity contribution in [2.45, 2.75) is 0 Å². The molecule has 1 amide bonds. The Morgan fingerprint density at radius 2 is 1.57 bits per heavy atom. The van der Waals surface area contributed by atoms with Crippen LogP contribution in [0.15, 0.2) is 66.7 Å². The molecule has 0 unspecified atom stereocenters. The molecule has 4 aromatic rings. The van der Waals surface area contributed by atoms with Gasteiger partial charge in [-0.05, 0) is 30.3 Å². The number of thiophene rings is 1. The summed E-state index contributed by atoms with van der Waals surface area (Å²) in [6, 6.07) is 16.6. The largest absolute Gasteiger partial charge is 0.451 e. The highest BCUT2D eigenvalue weighted by atomic mass is 32.1. The molecular weight excluding hydrogens is 472 g/mol. The Morgan fingerprint density at radius 3 is 2.29 bits per heavy atom. The molecule has 1 N–H and O–H groups in total. The molecule has 0 aliphatic heterocycles. The molecule has 35 heavy (non-hydrogen) atoms. The zero-order valence-electron chi connectivity index (χ0n) is 17.8. The van der Waals surface area contributed by atoms with E-state index >= 15 is 0 Å². The minimum atomic E-state index is -0.744. The second-order valence-electron chi connectivity index (χ2n) is 7.68. The third kappa shape index (κ3) is 4.06. The summed E-state index contributed by atoms with van der Waals surface area (Å²) < 4.78 is 5.74. The molecule has 0 atom stereocenters. The lowest BCUT2D eigenvalue weighted by Gasteiger charge is -2.18. The Balaban J connectivity index is 1.26. The average Bonchev–Trinajstić information content (AvgIpc) is 3.29. The van der Waals surface area contributed by atoms with Gasteiger partial charge in [0.1, 0.15) is 4.88 Å². The number of nitrogens with one attached hydrogen (secondary N) is 1. The quantitative estimate of drug-likeness (QED) is 0.221. The van der Waals surface area contributed by atoms with Crippen molar-refractivity contribution in [3.63, 3.8) is 0 Å². The van der Waals surface area contributed by atoms with E-state index in [2.05, 4.69) is 5.32 Å². The van der Waals surface area contributed by atoms with Crippen molar-refractivity contribution in [3.8, 4) is 0 Å². The third-order valence-corrected chi connectivity index (χ3v) is 6.55. The number of ketones is 2. The maximum Gasteiger partial charge on any atom is 0.348 e. The minimum Gasteiger partial charge on any atom is -0.451 e. The van der Waals surface area contributed by atoms with Crippen LogP contribution in [0.2, 0.25) is 0 Å². The van der Waals surface area contributed by atoms with E-state index in [0.29, 0.717) is 21.2 Å². The minimum absolute atomic E-state index is 0.0942. The second-order valence-corrected chi connectivity index (χ2v) is 8.76. The fourth-order valence-electron chi connectivity index (χ4n) is 3.82. The predicted octanol–water partition coefficient (Wildman–Crippen LogP) is 4.38. The highest BCUT2D eigenvalue weighted by Crippen LogP contribution is 2.30. The number of nitro groups is 1. The van der Waals surface area contributed by atoms with Gasteiger partial charge in [0.2, 0.25) is 0 Å². The molecule has 10 heteroatoms. The standard InChI is InChI=1S/C25H14N2O7S/c28-22(12-34-25(31)21-10-13-9-15(27(32)33)6-8-20(13)35-21)26-14-5-7-18-19(11-14)24(30)17-4-2-1-3-16(17)23(18)29/h1-11H,12H2,(H,26,28). The summed E-state index contributed by atoms with van der Waals surface area (Å²) in [5.41, 5.74) is 1.26. The monoisotopic (exact) mass is 486 g/mol. The van der Waals surface area contributed by atoms with E-state index in [1.807, 2.05) is 0 Å². The Morgan fingerprint density at radius 1 is 0.886 bits per heavy atom. The number of nitrogens with zero attached hydrogens (tertiary/aromatic N) is 1. The number of benzene rings is 3. The summed E-state index contributed by atoms with van der Waals surface area (Å²) in [5.74, 6) is -1.96. The molecule has 5 rings (SSSR count). The summed E-state index contributed by atoms with van der Waals surface area (Å²) >= 11 is 1.09. The average molecular weight is 486 g/mol. The van der Waals surface area contributed by atoms with Crippen LogP contribution in [-0.2, 0) is 9.53 Å². The zero-order chi connectivity index (χ0) is 24.7. The fourth-order valence-corrected chi connectivity index (χ4v) is 4.76. The predicted molar refractivity (Wildman–Crippen MR) is 127 cm³/mol. The number of hydrogen-bond acceptors (Lipinski definition) is 8. The van der Waals surface area contributed by atoms with E-state index in [1.165, 1.54) is 36.4 Å². The van der Waals surface area contributed by atoms with Crippen molar-refractivity contribution < 1.29 is 28.8 Å². The molecule has 1 aromatic heterocycles. The molecule has 1 aliphatic carbocycles. The highest BCUT2D eigenvalue weighted by molar-refractivity contribution is 7.20. The van der Waals surface area contributed by atoms with Gasteiger partial charge in [-0.25, -0.2) is 4.79 Å². The van der Waals surface area contributed by atoms with Crippen molar-refractivity contribution in [3.05, 3.63) is 104 Å². The van der Waals surface area contributed by atoms with Gasteiger partial charge in [0, 0.05) is 50.2 Å². The Kier molecular flexibility index (Phi) is 5.42. The van der Waals surface area contributed by atoms with E-state index in [4.69, 9.17) is 4.74 Å². The maximum absolute atomic E-state index is 12.8. The van der Waals surface area contributed by atoms with Crippen LogP contribution in [-0.4, -0.2) is 35.0 Å². The van der Waals surface area contributed by atoms with Gasteiger partial charge in [0.05, 0.1) is 4.92 Å². The smallest absolute Gasteiger partial charge is 0.348 e. The summed E-state index contributed by atoms with van der Waals surface area (Å²) in [5, 5.41) is 14.0. The molecule has 1 heterocycles.